The maximum absolute atomic E-state index is 14.4. The van der Waals surface area contributed by atoms with Crippen molar-refractivity contribution in [2.75, 3.05) is 51.7 Å². The molecule has 1 spiro atoms. The van der Waals surface area contributed by atoms with Crippen LogP contribution in [0, 0.1) is 0 Å². The summed E-state index contributed by atoms with van der Waals surface area (Å²) in [5.41, 5.74) is -0.903. The van der Waals surface area contributed by atoms with E-state index >= 15 is 0 Å². The Morgan fingerprint density at radius 1 is 0.976 bits per heavy atom. The van der Waals surface area contributed by atoms with Gasteiger partial charge in [0.15, 0.2) is 5.54 Å². The number of para-hydroxylation sites is 1. The topological polar surface area (TPSA) is 119 Å². The van der Waals surface area contributed by atoms with Crippen LogP contribution >= 0.6 is 0 Å². The van der Waals surface area contributed by atoms with Crippen LogP contribution in [0.2, 0.25) is 0 Å². The minimum atomic E-state index is -3.69. The van der Waals surface area contributed by atoms with Crippen molar-refractivity contribution in [3.05, 3.63) is 65.2 Å². The number of amides is 2. The SMILES string of the molecule is CCCN1C(=O)[C@@]2(C(=C(O)c3ccc(S(=O)(=O)N4CCCC4)cc3)C(=O)C(=O)N2CCCN(C)C)c2ccccc21. The van der Waals surface area contributed by atoms with Crippen molar-refractivity contribution in [3.8, 4) is 0 Å². The van der Waals surface area contributed by atoms with E-state index in [1.165, 1.54) is 33.5 Å². The second-order valence-corrected chi connectivity index (χ2v) is 12.9. The minimum Gasteiger partial charge on any atom is -0.507 e. The third-order valence-corrected chi connectivity index (χ3v) is 9.99. The van der Waals surface area contributed by atoms with Gasteiger partial charge in [-0.15, -0.1) is 0 Å². The number of Topliss-reactive ketones (excluding diaryl/α,β-unsaturated/α-hetero) is 1. The molecular formula is C30H36N4O6S. The lowest BCUT2D eigenvalue weighted by molar-refractivity contribution is -0.143. The van der Waals surface area contributed by atoms with Gasteiger partial charge in [-0.2, -0.15) is 4.31 Å². The number of carbonyl (C=O) groups excluding carboxylic acids is 3. The van der Waals surface area contributed by atoms with Crippen LogP contribution in [0.4, 0.5) is 5.69 Å². The van der Waals surface area contributed by atoms with Gasteiger partial charge in [0.25, 0.3) is 17.6 Å². The highest BCUT2D eigenvalue weighted by molar-refractivity contribution is 7.89. The van der Waals surface area contributed by atoms with E-state index in [9.17, 15) is 27.9 Å². The van der Waals surface area contributed by atoms with Crippen LogP contribution in [0.3, 0.4) is 0 Å². The van der Waals surface area contributed by atoms with Gasteiger partial charge in [0.05, 0.1) is 16.2 Å². The molecule has 3 heterocycles. The van der Waals surface area contributed by atoms with Crippen molar-refractivity contribution in [1.82, 2.24) is 14.1 Å². The van der Waals surface area contributed by atoms with Crippen molar-refractivity contribution in [3.63, 3.8) is 0 Å². The number of aliphatic hydroxyl groups is 1. The highest BCUT2D eigenvalue weighted by Crippen LogP contribution is 2.53. The molecule has 0 aliphatic carbocycles. The molecule has 0 radical (unpaired) electrons. The molecule has 3 aliphatic heterocycles. The van der Waals surface area contributed by atoms with Gasteiger partial charge in [0.1, 0.15) is 5.76 Å². The number of anilines is 1. The Labute approximate surface area is 240 Å². The number of likely N-dealkylation sites (tertiary alicyclic amines) is 1. The van der Waals surface area contributed by atoms with Crippen molar-refractivity contribution in [1.29, 1.82) is 0 Å². The summed E-state index contributed by atoms with van der Waals surface area (Å²) in [6.45, 7) is 3.98. The molecule has 11 heteroatoms. The highest BCUT2D eigenvalue weighted by atomic mass is 32.2. The molecule has 2 aromatic rings. The van der Waals surface area contributed by atoms with Gasteiger partial charge in [0, 0.05) is 37.3 Å². The number of fused-ring (bicyclic) bond motifs is 2. The van der Waals surface area contributed by atoms with E-state index in [-0.39, 0.29) is 22.6 Å². The average molecular weight is 581 g/mol. The number of carbonyl (C=O) groups is 3. The Bertz CT molecular complexity index is 1510. The Kier molecular flexibility index (Phi) is 7.80. The average Bonchev–Trinajstić information content (AvgIpc) is 3.64. The summed E-state index contributed by atoms with van der Waals surface area (Å²) in [4.78, 5) is 46.6. The molecule has 2 fully saturated rings. The number of nitrogens with zero attached hydrogens (tertiary/aromatic N) is 4. The molecule has 0 saturated carbocycles. The van der Waals surface area contributed by atoms with E-state index in [0.717, 1.165) is 12.8 Å². The number of hydrogen-bond acceptors (Lipinski definition) is 7. The predicted octanol–water partition coefficient (Wildman–Crippen LogP) is 2.76. The molecule has 1 atom stereocenters. The Balaban J connectivity index is 1.67. The van der Waals surface area contributed by atoms with E-state index in [1.54, 1.807) is 29.2 Å². The van der Waals surface area contributed by atoms with Gasteiger partial charge in [0.2, 0.25) is 10.0 Å². The maximum atomic E-state index is 14.4. The van der Waals surface area contributed by atoms with Crippen molar-refractivity contribution < 1.29 is 27.9 Å². The third-order valence-electron chi connectivity index (χ3n) is 8.07. The van der Waals surface area contributed by atoms with Crippen LogP contribution in [-0.4, -0.2) is 92.0 Å². The lowest BCUT2D eigenvalue weighted by atomic mass is 9.82. The molecule has 1 N–H and O–H groups in total. The Hall–Kier alpha value is -3.54. The van der Waals surface area contributed by atoms with Crippen LogP contribution in [0.25, 0.3) is 5.76 Å². The molecule has 0 unspecified atom stereocenters. The summed E-state index contributed by atoms with van der Waals surface area (Å²) in [5, 5.41) is 11.7. The second-order valence-electron chi connectivity index (χ2n) is 11.0. The van der Waals surface area contributed by atoms with E-state index < -0.39 is 38.9 Å². The number of benzene rings is 2. The fraction of sp³-hybridized carbons (Fsp3) is 0.433. The van der Waals surface area contributed by atoms with Crippen molar-refractivity contribution in [2.24, 2.45) is 0 Å². The molecule has 5 rings (SSSR count). The summed E-state index contributed by atoms with van der Waals surface area (Å²) in [7, 11) is 0.110. The summed E-state index contributed by atoms with van der Waals surface area (Å²) in [6.07, 6.45) is 2.76. The number of ketones is 1. The van der Waals surface area contributed by atoms with Gasteiger partial charge < -0.3 is 19.8 Å². The quantitative estimate of drug-likeness (QED) is 0.275. The van der Waals surface area contributed by atoms with Crippen LogP contribution in [0.5, 0.6) is 0 Å². The predicted molar refractivity (Wildman–Crippen MR) is 155 cm³/mol. The van der Waals surface area contributed by atoms with Gasteiger partial charge in [-0.25, -0.2) is 8.42 Å². The van der Waals surface area contributed by atoms with E-state index in [4.69, 9.17) is 0 Å². The second kappa shape index (κ2) is 11.0. The first-order valence-electron chi connectivity index (χ1n) is 14.0. The van der Waals surface area contributed by atoms with Gasteiger partial charge in [-0.1, -0.05) is 25.1 Å². The molecule has 0 bridgehead atoms. The van der Waals surface area contributed by atoms with Crippen LogP contribution in [-0.2, 0) is 29.9 Å². The molecule has 218 valence electrons. The van der Waals surface area contributed by atoms with Crippen LogP contribution in [0.1, 0.15) is 43.7 Å². The van der Waals surface area contributed by atoms with Gasteiger partial charge >= 0.3 is 0 Å². The summed E-state index contributed by atoms with van der Waals surface area (Å²) < 4.78 is 27.5. The van der Waals surface area contributed by atoms with Crippen molar-refractivity contribution >= 4 is 39.1 Å². The Morgan fingerprint density at radius 3 is 2.27 bits per heavy atom. The first-order valence-corrected chi connectivity index (χ1v) is 15.5. The Morgan fingerprint density at radius 2 is 1.63 bits per heavy atom. The summed E-state index contributed by atoms with van der Waals surface area (Å²) in [5.74, 6) is -2.76. The van der Waals surface area contributed by atoms with E-state index in [0.29, 0.717) is 50.3 Å². The smallest absolute Gasteiger partial charge is 0.296 e. The molecule has 2 saturated heterocycles. The standard InChI is InChI=1S/C30H36N4O6S/c1-4-16-33-24-11-6-5-10-23(24)30(29(33)38)25(27(36)28(37)34(30)20-9-17-31(2)3)26(35)21-12-14-22(15-13-21)41(39,40)32-18-7-8-19-32/h5-6,10-15,35H,4,7-9,16-20H2,1-3H3/t30-/m0/s1. The first-order chi connectivity index (χ1) is 19.6. The van der Waals surface area contributed by atoms with Gasteiger partial charge in [-0.05, 0) is 76.7 Å². The largest absolute Gasteiger partial charge is 0.507 e. The van der Waals surface area contributed by atoms with E-state index in [2.05, 4.69) is 0 Å². The molecule has 3 aliphatic rings. The molecule has 0 aromatic heterocycles. The lowest BCUT2D eigenvalue weighted by Gasteiger charge is -2.34. The molecule has 2 amide bonds. The fourth-order valence-electron chi connectivity index (χ4n) is 6.16. The lowest BCUT2D eigenvalue weighted by Crippen LogP contribution is -2.52. The van der Waals surface area contributed by atoms with Crippen LogP contribution in [0.15, 0.2) is 59.0 Å². The first kappa shape index (κ1) is 29.0. The van der Waals surface area contributed by atoms with Crippen LogP contribution < -0.4 is 4.90 Å². The zero-order valence-corrected chi connectivity index (χ0v) is 24.5. The zero-order chi connectivity index (χ0) is 29.5. The monoisotopic (exact) mass is 580 g/mol. The zero-order valence-electron chi connectivity index (χ0n) is 23.7. The van der Waals surface area contributed by atoms with Gasteiger partial charge in [-0.3, -0.25) is 14.4 Å². The third kappa shape index (κ3) is 4.56. The fourth-order valence-corrected chi connectivity index (χ4v) is 7.68. The number of sulfonamides is 1. The highest BCUT2D eigenvalue weighted by Gasteiger charge is 2.66. The number of rotatable bonds is 9. The maximum Gasteiger partial charge on any atom is 0.296 e. The normalized spacial score (nSPS) is 22.5. The van der Waals surface area contributed by atoms with E-state index in [1.807, 2.05) is 25.9 Å². The summed E-state index contributed by atoms with van der Waals surface area (Å²) in [6, 6.07) is 12.7. The molecule has 41 heavy (non-hydrogen) atoms. The van der Waals surface area contributed by atoms with Crippen molar-refractivity contribution in [2.45, 2.75) is 43.0 Å². The minimum absolute atomic E-state index is 0.0752. The summed E-state index contributed by atoms with van der Waals surface area (Å²) >= 11 is 0. The molecular weight excluding hydrogens is 544 g/mol. The number of aliphatic hydroxyl groups excluding tert-OH is 1. The number of hydrogen-bond donors (Lipinski definition) is 1. The molecule has 10 nitrogen and oxygen atoms in total. The molecule has 2 aromatic carbocycles.